The molecule has 1 amide bonds. The van der Waals surface area contributed by atoms with Gasteiger partial charge in [-0.1, -0.05) is 177 Å². The molecule has 0 spiro atoms. The smallest absolute Gasteiger partial charge is 0.305 e. The van der Waals surface area contributed by atoms with Gasteiger partial charge >= 0.3 is 5.97 Å². The molecule has 11 heteroatoms. The largest absolute Gasteiger partial charge is 0.466 e. The van der Waals surface area contributed by atoms with Crippen LogP contribution < -0.4 is 5.32 Å². The van der Waals surface area contributed by atoms with Crippen molar-refractivity contribution in [3.8, 4) is 0 Å². The fourth-order valence-corrected chi connectivity index (χ4v) is 7.71. The zero-order valence-electron chi connectivity index (χ0n) is 42.1. The van der Waals surface area contributed by atoms with E-state index >= 15 is 0 Å². The zero-order valence-corrected chi connectivity index (χ0v) is 42.1. The fourth-order valence-electron chi connectivity index (χ4n) is 7.71. The first-order valence-corrected chi connectivity index (χ1v) is 26.7. The Bertz CT molecular complexity index is 1340. The van der Waals surface area contributed by atoms with Gasteiger partial charge in [-0.2, -0.15) is 0 Å². The molecule has 0 aromatic heterocycles. The van der Waals surface area contributed by atoms with Crippen molar-refractivity contribution in [3.05, 3.63) is 72.9 Å². The topological polar surface area (TPSA) is 175 Å². The van der Waals surface area contributed by atoms with Crippen molar-refractivity contribution in [2.24, 2.45) is 0 Å². The molecule has 1 heterocycles. The number of unbranched alkanes of at least 4 members (excludes halogenated alkanes) is 20. The molecule has 11 nitrogen and oxygen atoms in total. The van der Waals surface area contributed by atoms with E-state index in [0.29, 0.717) is 19.4 Å². The van der Waals surface area contributed by atoms with Gasteiger partial charge in [-0.25, -0.2) is 0 Å². The Hall–Kier alpha value is -2.90. The standard InChI is InChI=1S/C56H97NO10/c1-3-5-7-9-11-13-15-18-22-26-30-34-38-42-49(59)48(47-66-56-55(64)54(63)53(62)50(46-58)67-56)57-51(60)43-39-35-31-27-23-20-17-21-25-29-33-37-41-45-65-52(61)44-40-36-32-28-24-19-16-14-12-10-8-6-4-2/h8,10,14,16,20,22-23,26,31,35,38,42,48-50,53-56,58-59,62-64H,3-7,9,11-13,15,17-19,21,24-25,27-30,32-34,36-37,39-41,43-47H2,1-2H3,(H,57,60)/b10-8-,16-14-,23-20-,26-22+,35-31-,42-38+. The molecule has 1 saturated heterocycles. The third kappa shape index (κ3) is 35.8. The highest BCUT2D eigenvalue weighted by Crippen LogP contribution is 2.22. The molecule has 0 saturated carbocycles. The highest BCUT2D eigenvalue weighted by Gasteiger charge is 2.44. The lowest BCUT2D eigenvalue weighted by atomic mass is 9.99. The molecule has 67 heavy (non-hydrogen) atoms. The van der Waals surface area contributed by atoms with E-state index in [4.69, 9.17) is 14.2 Å². The minimum absolute atomic E-state index is 0.0571. The summed E-state index contributed by atoms with van der Waals surface area (Å²) in [6, 6.07) is -0.873. The third-order valence-electron chi connectivity index (χ3n) is 12.0. The van der Waals surface area contributed by atoms with Gasteiger partial charge in [0.2, 0.25) is 5.91 Å². The molecule has 0 aromatic rings. The Balaban J connectivity index is 2.25. The van der Waals surface area contributed by atoms with Crippen LogP contribution in [0.4, 0.5) is 0 Å². The van der Waals surface area contributed by atoms with Crippen molar-refractivity contribution < 1.29 is 49.3 Å². The molecule has 1 fully saturated rings. The number of amides is 1. The molecule has 1 rings (SSSR count). The van der Waals surface area contributed by atoms with E-state index in [2.05, 4.69) is 67.8 Å². The van der Waals surface area contributed by atoms with Crippen LogP contribution in [0.3, 0.4) is 0 Å². The van der Waals surface area contributed by atoms with Crippen LogP contribution in [-0.4, -0.2) is 100 Å². The highest BCUT2D eigenvalue weighted by molar-refractivity contribution is 5.76. The molecular weight excluding hydrogens is 847 g/mol. The maximum absolute atomic E-state index is 13.0. The minimum Gasteiger partial charge on any atom is -0.466 e. The summed E-state index contributed by atoms with van der Waals surface area (Å²) in [7, 11) is 0. The van der Waals surface area contributed by atoms with E-state index in [9.17, 15) is 35.1 Å². The van der Waals surface area contributed by atoms with E-state index in [-0.39, 0.29) is 24.9 Å². The number of hydrogen-bond donors (Lipinski definition) is 6. The predicted molar refractivity (Wildman–Crippen MR) is 273 cm³/mol. The first-order valence-electron chi connectivity index (χ1n) is 26.7. The molecule has 1 aliphatic heterocycles. The maximum Gasteiger partial charge on any atom is 0.305 e. The molecular formula is C56H97NO10. The SMILES string of the molecule is CCC/C=C\C/C=C\CCCCCCCC(=O)OCCCCCCCC/C=C\C/C=C\CCC(=O)NC(COC1OC(CO)C(O)C(O)C1O)C(O)/C=C/CC/C=C/CCCCCCCCC. The lowest BCUT2D eigenvalue weighted by Crippen LogP contribution is -2.60. The third-order valence-corrected chi connectivity index (χ3v) is 12.0. The Morgan fingerprint density at radius 1 is 0.552 bits per heavy atom. The van der Waals surface area contributed by atoms with Crippen molar-refractivity contribution in [1.82, 2.24) is 5.32 Å². The van der Waals surface area contributed by atoms with Gasteiger partial charge in [0.05, 0.1) is 32.0 Å². The van der Waals surface area contributed by atoms with Crippen LogP contribution >= 0.6 is 0 Å². The Labute approximate surface area is 407 Å². The molecule has 7 unspecified atom stereocenters. The van der Waals surface area contributed by atoms with Gasteiger partial charge in [-0.05, 0) is 89.9 Å². The second-order valence-electron chi connectivity index (χ2n) is 18.2. The van der Waals surface area contributed by atoms with Crippen molar-refractivity contribution in [3.63, 3.8) is 0 Å². The quantitative estimate of drug-likeness (QED) is 0.0196. The van der Waals surface area contributed by atoms with Crippen LogP contribution in [0.15, 0.2) is 72.9 Å². The van der Waals surface area contributed by atoms with Gasteiger partial charge < -0.3 is 45.1 Å². The number of hydrogen-bond acceptors (Lipinski definition) is 10. The molecule has 0 aliphatic carbocycles. The van der Waals surface area contributed by atoms with Gasteiger partial charge in [0.25, 0.3) is 0 Å². The first kappa shape index (κ1) is 62.1. The van der Waals surface area contributed by atoms with E-state index in [1.165, 1.54) is 89.9 Å². The van der Waals surface area contributed by atoms with Crippen LogP contribution in [0.2, 0.25) is 0 Å². The van der Waals surface area contributed by atoms with Crippen LogP contribution in [0.5, 0.6) is 0 Å². The first-order chi connectivity index (χ1) is 32.7. The second kappa shape index (κ2) is 45.5. The van der Waals surface area contributed by atoms with E-state index in [1.807, 2.05) is 18.2 Å². The van der Waals surface area contributed by atoms with E-state index in [0.717, 1.165) is 83.5 Å². The number of esters is 1. The summed E-state index contributed by atoms with van der Waals surface area (Å²) in [5.74, 6) is -0.333. The molecule has 1 aliphatic rings. The monoisotopic (exact) mass is 944 g/mol. The number of carbonyl (C=O) groups is 2. The van der Waals surface area contributed by atoms with Gasteiger partial charge in [-0.3, -0.25) is 9.59 Å². The summed E-state index contributed by atoms with van der Waals surface area (Å²) in [5.41, 5.74) is 0. The summed E-state index contributed by atoms with van der Waals surface area (Å²) in [4.78, 5) is 25.0. The van der Waals surface area contributed by atoms with Crippen molar-refractivity contribution in [1.29, 1.82) is 0 Å². The average Bonchev–Trinajstić information content (AvgIpc) is 3.32. The maximum atomic E-state index is 13.0. The Morgan fingerprint density at radius 3 is 1.66 bits per heavy atom. The molecule has 0 bridgehead atoms. The summed E-state index contributed by atoms with van der Waals surface area (Å²) in [6.45, 7) is 4.13. The molecule has 6 N–H and O–H groups in total. The summed E-state index contributed by atoms with van der Waals surface area (Å²) in [5, 5.41) is 54.2. The summed E-state index contributed by atoms with van der Waals surface area (Å²) >= 11 is 0. The van der Waals surface area contributed by atoms with Crippen LogP contribution in [0.1, 0.15) is 206 Å². The summed E-state index contributed by atoms with van der Waals surface area (Å²) < 4.78 is 16.6. The molecule has 0 radical (unpaired) electrons. The van der Waals surface area contributed by atoms with Gasteiger partial charge in [0.15, 0.2) is 6.29 Å². The van der Waals surface area contributed by atoms with E-state index < -0.39 is 49.5 Å². The van der Waals surface area contributed by atoms with Crippen LogP contribution in [-0.2, 0) is 23.8 Å². The Kier molecular flexibility index (Phi) is 42.2. The number of allylic oxidation sites excluding steroid dienone is 11. The number of ether oxygens (including phenoxy) is 3. The van der Waals surface area contributed by atoms with Crippen LogP contribution in [0, 0.1) is 0 Å². The van der Waals surface area contributed by atoms with Gasteiger partial charge in [0.1, 0.15) is 24.4 Å². The fraction of sp³-hybridized carbons (Fsp3) is 0.750. The lowest BCUT2D eigenvalue weighted by Gasteiger charge is -2.40. The average molecular weight is 944 g/mol. The van der Waals surface area contributed by atoms with Crippen LogP contribution in [0.25, 0.3) is 0 Å². The minimum atomic E-state index is -1.60. The second-order valence-corrected chi connectivity index (χ2v) is 18.2. The zero-order chi connectivity index (χ0) is 48.8. The van der Waals surface area contributed by atoms with Crippen molar-refractivity contribution in [2.45, 2.75) is 249 Å². The molecule has 0 aromatic carbocycles. The number of nitrogens with one attached hydrogen (secondary N) is 1. The van der Waals surface area contributed by atoms with Crippen molar-refractivity contribution in [2.75, 3.05) is 19.8 Å². The van der Waals surface area contributed by atoms with E-state index in [1.54, 1.807) is 6.08 Å². The van der Waals surface area contributed by atoms with Gasteiger partial charge in [-0.15, -0.1) is 0 Å². The molecule has 386 valence electrons. The number of rotatable bonds is 44. The number of aliphatic hydroxyl groups excluding tert-OH is 5. The molecule has 7 atom stereocenters. The normalized spacial score (nSPS) is 20.1. The van der Waals surface area contributed by atoms with Gasteiger partial charge in [0, 0.05) is 12.8 Å². The summed E-state index contributed by atoms with van der Waals surface area (Å²) in [6.07, 6.45) is 48.5. The Morgan fingerprint density at radius 2 is 1.06 bits per heavy atom. The highest BCUT2D eigenvalue weighted by atomic mass is 16.7. The van der Waals surface area contributed by atoms with Crippen molar-refractivity contribution >= 4 is 11.9 Å². The lowest BCUT2D eigenvalue weighted by molar-refractivity contribution is -0.302. The number of aliphatic hydroxyl groups is 5. The number of carbonyl (C=O) groups excluding carboxylic acids is 2. The predicted octanol–water partition coefficient (Wildman–Crippen LogP) is 11.3.